The van der Waals surface area contributed by atoms with Gasteiger partial charge in [-0.05, 0) is 13.3 Å². The van der Waals surface area contributed by atoms with Crippen LogP contribution in [0, 0.1) is 5.92 Å². The van der Waals surface area contributed by atoms with Gasteiger partial charge >= 0.3 is 5.97 Å². The van der Waals surface area contributed by atoms with E-state index in [1.54, 1.807) is 6.92 Å². The van der Waals surface area contributed by atoms with Crippen LogP contribution in [-0.4, -0.2) is 29.6 Å². The summed E-state index contributed by atoms with van der Waals surface area (Å²) < 4.78 is 0. The molecule has 1 unspecified atom stereocenters. The molecule has 0 spiro atoms. The molecule has 5 nitrogen and oxygen atoms in total. The average molecular weight is 202 g/mol. The average Bonchev–Trinajstić information content (AvgIpc) is 2.10. The maximum atomic E-state index is 11.0. The molecule has 0 heterocycles. The monoisotopic (exact) mass is 202 g/mol. The highest BCUT2D eigenvalue weighted by Crippen LogP contribution is 2.04. The van der Waals surface area contributed by atoms with Crippen LogP contribution >= 0.6 is 0 Å². The number of amides is 1. The van der Waals surface area contributed by atoms with Crippen LogP contribution in [0.5, 0.6) is 0 Å². The normalized spacial score (nSPS) is 14.5. The molecule has 0 rings (SSSR count). The number of carboxylic acids is 1. The maximum Gasteiger partial charge on any atom is 0.308 e. The molecule has 14 heavy (non-hydrogen) atoms. The molecule has 0 saturated heterocycles. The molecule has 4 N–H and O–H groups in total. The third-order valence-corrected chi connectivity index (χ3v) is 1.92. The van der Waals surface area contributed by atoms with Gasteiger partial charge in [-0.2, -0.15) is 0 Å². The summed E-state index contributed by atoms with van der Waals surface area (Å²) in [5, 5.41) is 11.3. The lowest BCUT2D eigenvalue weighted by Gasteiger charge is -2.13. The topological polar surface area (TPSA) is 92.4 Å². The summed E-state index contributed by atoms with van der Waals surface area (Å²) in [5.41, 5.74) is 5.31. The fraction of sp³-hybridized carbons (Fsp3) is 0.778. The zero-order chi connectivity index (χ0) is 11.1. The van der Waals surface area contributed by atoms with Gasteiger partial charge in [-0.25, -0.2) is 0 Å². The fourth-order valence-corrected chi connectivity index (χ4v) is 1.05. The molecule has 0 saturated carbocycles. The Bertz CT molecular complexity index is 204. The van der Waals surface area contributed by atoms with Gasteiger partial charge in [0, 0.05) is 6.54 Å². The van der Waals surface area contributed by atoms with Crippen LogP contribution in [0.3, 0.4) is 0 Å². The fourth-order valence-electron chi connectivity index (χ4n) is 1.05. The first kappa shape index (κ1) is 12.9. The highest BCUT2D eigenvalue weighted by molar-refractivity contribution is 5.81. The lowest BCUT2D eigenvalue weighted by molar-refractivity contribution is -0.142. The van der Waals surface area contributed by atoms with E-state index in [9.17, 15) is 9.59 Å². The van der Waals surface area contributed by atoms with Gasteiger partial charge in [-0.15, -0.1) is 0 Å². The molecule has 0 fully saturated rings. The van der Waals surface area contributed by atoms with Gasteiger partial charge in [0.1, 0.15) is 0 Å². The number of carboxylic acid groups (broad SMARTS) is 1. The highest BCUT2D eigenvalue weighted by Gasteiger charge is 2.17. The Hall–Kier alpha value is -1.10. The summed E-state index contributed by atoms with van der Waals surface area (Å²) in [4.78, 5) is 21.7. The van der Waals surface area contributed by atoms with E-state index in [1.165, 1.54) is 0 Å². The van der Waals surface area contributed by atoms with Crippen LogP contribution in [0.4, 0.5) is 0 Å². The summed E-state index contributed by atoms with van der Waals surface area (Å²) in [6, 6.07) is -0.592. The summed E-state index contributed by atoms with van der Waals surface area (Å²) >= 11 is 0. The number of rotatable bonds is 6. The Morgan fingerprint density at radius 2 is 2.07 bits per heavy atom. The van der Waals surface area contributed by atoms with Crippen molar-refractivity contribution in [3.8, 4) is 0 Å². The molecule has 2 atom stereocenters. The van der Waals surface area contributed by atoms with Crippen molar-refractivity contribution >= 4 is 11.9 Å². The Morgan fingerprint density at radius 1 is 1.50 bits per heavy atom. The van der Waals surface area contributed by atoms with E-state index in [1.807, 2.05) is 6.92 Å². The second-order valence-corrected chi connectivity index (χ2v) is 3.36. The van der Waals surface area contributed by atoms with E-state index >= 15 is 0 Å². The van der Waals surface area contributed by atoms with E-state index in [-0.39, 0.29) is 12.5 Å². The lowest BCUT2D eigenvalue weighted by atomic mass is 10.0. The predicted octanol–water partition coefficient (Wildman–Crippen LogP) is -0.0493. The van der Waals surface area contributed by atoms with Crippen molar-refractivity contribution in [2.45, 2.75) is 32.7 Å². The second-order valence-electron chi connectivity index (χ2n) is 3.36. The molecule has 0 aromatic heterocycles. The highest BCUT2D eigenvalue weighted by atomic mass is 16.4. The molecule has 0 aromatic rings. The number of nitrogens with two attached hydrogens (primary N) is 1. The van der Waals surface area contributed by atoms with E-state index in [0.29, 0.717) is 6.42 Å². The third-order valence-electron chi connectivity index (χ3n) is 1.92. The van der Waals surface area contributed by atoms with Crippen molar-refractivity contribution in [1.82, 2.24) is 5.32 Å². The molecule has 5 heteroatoms. The zero-order valence-electron chi connectivity index (χ0n) is 8.62. The maximum absolute atomic E-state index is 11.0. The molecule has 0 aliphatic rings. The minimum absolute atomic E-state index is 0.156. The SMILES string of the molecule is CCCC(CNC(=O)[C@H](C)N)C(=O)O. The standard InChI is InChI=1S/C9H18N2O3/c1-3-4-7(9(13)14)5-11-8(12)6(2)10/h6-7H,3-5,10H2,1-2H3,(H,11,12)(H,13,14)/t6-,7?/m0/s1. The van der Waals surface area contributed by atoms with Crippen molar-refractivity contribution in [2.75, 3.05) is 6.54 Å². The van der Waals surface area contributed by atoms with Crippen LogP contribution < -0.4 is 11.1 Å². The molecular weight excluding hydrogens is 184 g/mol. The summed E-state index contributed by atoms with van der Waals surface area (Å²) in [5.74, 6) is -1.70. The van der Waals surface area contributed by atoms with Crippen molar-refractivity contribution in [3.63, 3.8) is 0 Å². The lowest BCUT2D eigenvalue weighted by Crippen LogP contribution is -2.41. The third kappa shape index (κ3) is 4.81. The Labute approximate surface area is 83.7 Å². The van der Waals surface area contributed by atoms with Crippen molar-refractivity contribution in [1.29, 1.82) is 0 Å². The number of hydrogen-bond acceptors (Lipinski definition) is 3. The molecule has 0 aliphatic heterocycles. The molecule has 82 valence electrons. The first-order chi connectivity index (χ1) is 6.49. The summed E-state index contributed by atoms with van der Waals surface area (Å²) in [7, 11) is 0. The molecule has 1 amide bonds. The van der Waals surface area contributed by atoms with E-state index in [2.05, 4.69) is 5.32 Å². The van der Waals surface area contributed by atoms with Gasteiger partial charge < -0.3 is 16.2 Å². The number of nitrogens with one attached hydrogen (secondary N) is 1. The van der Waals surface area contributed by atoms with Crippen molar-refractivity contribution in [2.24, 2.45) is 11.7 Å². The van der Waals surface area contributed by atoms with Crippen LogP contribution in [-0.2, 0) is 9.59 Å². The van der Waals surface area contributed by atoms with Gasteiger partial charge in [0.15, 0.2) is 0 Å². The smallest absolute Gasteiger partial charge is 0.308 e. The van der Waals surface area contributed by atoms with Gasteiger partial charge in [0.05, 0.1) is 12.0 Å². The van der Waals surface area contributed by atoms with Gasteiger partial charge in [0.25, 0.3) is 0 Å². The van der Waals surface area contributed by atoms with Crippen LogP contribution in [0.1, 0.15) is 26.7 Å². The molecule has 0 aromatic carbocycles. The number of aliphatic carboxylic acids is 1. The minimum atomic E-state index is -0.878. The number of carbonyl (C=O) groups excluding carboxylic acids is 1. The Balaban J connectivity index is 3.93. The van der Waals surface area contributed by atoms with Crippen molar-refractivity contribution in [3.05, 3.63) is 0 Å². The van der Waals surface area contributed by atoms with Gasteiger partial charge in [-0.1, -0.05) is 13.3 Å². The predicted molar refractivity (Wildman–Crippen MR) is 52.7 cm³/mol. The van der Waals surface area contributed by atoms with Crippen LogP contribution in [0.25, 0.3) is 0 Å². The molecule has 0 bridgehead atoms. The Morgan fingerprint density at radius 3 is 2.43 bits per heavy atom. The van der Waals surface area contributed by atoms with E-state index in [0.717, 1.165) is 6.42 Å². The summed E-state index contributed by atoms with van der Waals surface area (Å²) in [6.45, 7) is 3.62. The van der Waals surface area contributed by atoms with Gasteiger partial charge in [0.2, 0.25) is 5.91 Å². The molecule has 0 aliphatic carbocycles. The van der Waals surface area contributed by atoms with Gasteiger partial charge in [-0.3, -0.25) is 9.59 Å². The van der Waals surface area contributed by atoms with Crippen LogP contribution in [0.2, 0.25) is 0 Å². The Kier molecular flexibility index (Phi) is 5.87. The van der Waals surface area contributed by atoms with E-state index < -0.39 is 17.9 Å². The van der Waals surface area contributed by atoms with Crippen LogP contribution in [0.15, 0.2) is 0 Å². The summed E-state index contributed by atoms with van der Waals surface area (Å²) in [6.07, 6.45) is 1.35. The number of carbonyl (C=O) groups is 2. The molecule has 0 radical (unpaired) electrons. The quantitative estimate of drug-likeness (QED) is 0.563. The first-order valence-electron chi connectivity index (χ1n) is 4.75. The van der Waals surface area contributed by atoms with E-state index in [4.69, 9.17) is 10.8 Å². The largest absolute Gasteiger partial charge is 0.481 e. The number of hydrogen-bond donors (Lipinski definition) is 3. The first-order valence-corrected chi connectivity index (χ1v) is 4.75. The second kappa shape index (κ2) is 6.37. The van der Waals surface area contributed by atoms with Crippen molar-refractivity contribution < 1.29 is 14.7 Å². The molecular formula is C9H18N2O3. The minimum Gasteiger partial charge on any atom is -0.481 e. The zero-order valence-corrected chi connectivity index (χ0v) is 8.62.